The number of methoxy groups -OCH3 is 1. The molecule has 1 aromatic rings. The molecule has 0 atom stereocenters. The van der Waals surface area contributed by atoms with Crippen LogP contribution in [0.2, 0.25) is 0 Å². The zero-order valence-electron chi connectivity index (χ0n) is 12.4. The highest BCUT2D eigenvalue weighted by atomic mass is 16.5. The number of nitrogens with one attached hydrogen (secondary N) is 1. The van der Waals surface area contributed by atoms with Crippen molar-refractivity contribution < 1.29 is 19.1 Å². The third-order valence-electron chi connectivity index (χ3n) is 3.40. The third-order valence-corrected chi connectivity index (χ3v) is 3.40. The Morgan fingerprint density at radius 1 is 1.43 bits per heavy atom. The summed E-state index contributed by atoms with van der Waals surface area (Å²) in [4.78, 5) is 23.1. The predicted molar refractivity (Wildman–Crippen MR) is 78.5 cm³/mol. The summed E-state index contributed by atoms with van der Waals surface area (Å²) >= 11 is 0. The van der Waals surface area contributed by atoms with E-state index >= 15 is 0 Å². The van der Waals surface area contributed by atoms with Crippen molar-refractivity contribution in [3.8, 4) is 5.75 Å². The molecule has 1 aliphatic rings. The third kappa shape index (κ3) is 3.24. The van der Waals surface area contributed by atoms with Gasteiger partial charge in [0.05, 0.1) is 19.3 Å². The second-order valence-electron chi connectivity index (χ2n) is 5.49. The molecule has 1 aliphatic heterocycles. The van der Waals surface area contributed by atoms with E-state index in [2.05, 4.69) is 23.9 Å². The normalized spacial score (nSPS) is 15.4. The number of carbonyl (C=O) groups excluding carboxylic acids is 2. The van der Waals surface area contributed by atoms with Crippen molar-refractivity contribution in [3.63, 3.8) is 0 Å². The van der Waals surface area contributed by atoms with Gasteiger partial charge in [0.25, 0.3) is 5.91 Å². The number of hydrogen-bond donors (Lipinski definition) is 1. The van der Waals surface area contributed by atoms with Crippen molar-refractivity contribution in [3.05, 3.63) is 41.5 Å². The summed E-state index contributed by atoms with van der Waals surface area (Å²) in [6.07, 6.45) is 2.81. The molecule has 0 spiro atoms. The van der Waals surface area contributed by atoms with Crippen LogP contribution in [0.3, 0.4) is 0 Å². The monoisotopic (exact) mass is 289 g/mol. The van der Waals surface area contributed by atoms with Crippen LogP contribution in [0.4, 0.5) is 0 Å². The van der Waals surface area contributed by atoms with Gasteiger partial charge >= 0.3 is 5.97 Å². The lowest BCUT2D eigenvalue weighted by atomic mass is 9.86. The van der Waals surface area contributed by atoms with Crippen LogP contribution in [0, 0.1) is 0 Å². The first-order valence-corrected chi connectivity index (χ1v) is 6.74. The van der Waals surface area contributed by atoms with Gasteiger partial charge in [0.1, 0.15) is 5.75 Å². The van der Waals surface area contributed by atoms with E-state index in [1.807, 2.05) is 12.1 Å². The molecule has 0 radical (unpaired) electrons. The Labute approximate surface area is 123 Å². The van der Waals surface area contributed by atoms with Crippen molar-refractivity contribution in [1.82, 2.24) is 5.32 Å². The fraction of sp³-hybridized carbons (Fsp3) is 0.375. The van der Waals surface area contributed by atoms with E-state index < -0.39 is 5.97 Å². The van der Waals surface area contributed by atoms with Gasteiger partial charge in [-0.2, -0.15) is 0 Å². The van der Waals surface area contributed by atoms with Crippen LogP contribution in [-0.2, 0) is 14.9 Å². The molecule has 0 saturated carbocycles. The molecule has 0 unspecified atom stereocenters. The number of ether oxygens (including phenoxy) is 2. The van der Waals surface area contributed by atoms with E-state index in [-0.39, 0.29) is 17.9 Å². The van der Waals surface area contributed by atoms with E-state index in [4.69, 9.17) is 4.74 Å². The van der Waals surface area contributed by atoms with E-state index in [1.54, 1.807) is 6.07 Å². The molecular formula is C16H19NO4. The van der Waals surface area contributed by atoms with Gasteiger partial charge in [-0.05, 0) is 6.07 Å². The summed E-state index contributed by atoms with van der Waals surface area (Å²) < 4.78 is 10.1. The molecule has 5 heteroatoms. The Hall–Kier alpha value is -2.30. The minimum atomic E-state index is -0.449. The zero-order valence-corrected chi connectivity index (χ0v) is 12.4. The van der Waals surface area contributed by atoms with E-state index in [1.165, 1.54) is 19.3 Å². The quantitative estimate of drug-likeness (QED) is 0.678. The summed E-state index contributed by atoms with van der Waals surface area (Å²) in [5.41, 5.74) is 1.47. The summed E-state index contributed by atoms with van der Waals surface area (Å²) in [7, 11) is 1.30. The Balaban J connectivity index is 2.06. The predicted octanol–water partition coefficient (Wildman–Crippen LogP) is 1.82. The van der Waals surface area contributed by atoms with Crippen LogP contribution in [0.5, 0.6) is 5.75 Å². The minimum absolute atomic E-state index is 0.0869. The molecule has 21 heavy (non-hydrogen) atoms. The molecule has 112 valence electrons. The molecule has 2 rings (SSSR count). The molecule has 5 nitrogen and oxygen atoms in total. The Bertz CT molecular complexity index is 590. The van der Waals surface area contributed by atoms with Crippen molar-refractivity contribution in [1.29, 1.82) is 0 Å². The van der Waals surface area contributed by atoms with Gasteiger partial charge in [-0.25, -0.2) is 4.79 Å². The van der Waals surface area contributed by atoms with Gasteiger partial charge < -0.3 is 14.8 Å². The number of esters is 1. The number of fused-ring (bicyclic) bond motifs is 1. The molecular weight excluding hydrogens is 270 g/mol. The molecule has 0 saturated heterocycles. The van der Waals surface area contributed by atoms with Gasteiger partial charge in [0.15, 0.2) is 0 Å². The smallest absolute Gasteiger partial charge is 0.330 e. The largest absolute Gasteiger partial charge is 0.492 e. The zero-order chi connectivity index (χ0) is 15.5. The highest BCUT2D eigenvalue weighted by Gasteiger charge is 2.34. The van der Waals surface area contributed by atoms with Gasteiger partial charge in [-0.1, -0.05) is 32.1 Å². The fourth-order valence-corrected chi connectivity index (χ4v) is 2.20. The molecule has 0 aromatic heterocycles. The Kier molecular flexibility index (Phi) is 4.31. The first-order chi connectivity index (χ1) is 9.95. The van der Waals surface area contributed by atoms with Gasteiger partial charge in [-0.3, -0.25) is 4.79 Å². The van der Waals surface area contributed by atoms with Crippen molar-refractivity contribution in [2.24, 2.45) is 0 Å². The topological polar surface area (TPSA) is 64.6 Å². The highest BCUT2D eigenvalue weighted by Crippen LogP contribution is 2.40. The summed E-state index contributed by atoms with van der Waals surface area (Å²) in [5.74, 6) is -0.0223. The lowest BCUT2D eigenvalue weighted by Crippen LogP contribution is -2.24. The summed E-state index contributed by atoms with van der Waals surface area (Å²) in [6.45, 7) is 4.98. The summed E-state index contributed by atoms with van der Waals surface area (Å²) in [5, 5.41) is 2.72. The molecule has 1 N–H and O–H groups in total. The number of rotatable bonds is 4. The van der Waals surface area contributed by atoms with Gasteiger partial charge in [0, 0.05) is 23.6 Å². The van der Waals surface area contributed by atoms with Crippen LogP contribution in [0.1, 0.15) is 29.8 Å². The molecule has 0 fully saturated rings. The SMILES string of the molecule is COC(=O)/C=C/CNC(=O)c1cccc2c1OCC2(C)C. The maximum absolute atomic E-state index is 12.2. The molecule has 1 heterocycles. The van der Waals surface area contributed by atoms with E-state index in [9.17, 15) is 9.59 Å². The second-order valence-corrected chi connectivity index (χ2v) is 5.49. The molecule has 1 aromatic carbocycles. The number of benzene rings is 1. The molecule has 0 aliphatic carbocycles. The highest BCUT2D eigenvalue weighted by molar-refractivity contribution is 5.97. The van der Waals surface area contributed by atoms with E-state index in [0.29, 0.717) is 17.9 Å². The average Bonchev–Trinajstić information content (AvgIpc) is 2.79. The summed E-state index contributed by atoms with van der Waals surface area (Å²) in [6, 6.07) is 5.57. The fourth-order valence-electron chi connectivity index (χ4n) is 2.20. The Morgan fingerprint density at radius 3 is 2.90 bits per heavy atom. The maximum atomic E-state index is 12.2. The van der Waals surface area contributed by atoms with Crippen LogP contribution < -0.4 is 10.1 Å². The molecule has 1 amide bonds. The van der Waals surface area contributed by atoms with Crippen LogP contribution in [-0.4, -0.2) is 32.1 Å². The number of para-hydroxylation sites is 1. The standard InChI is InChI=1S/C16H19NO4/c1-16(2)10-21-14-11(6-4-7-12(14)16)15(19)17-9-5-8-13(18)20-3/h4-8H,9-10H2,1-3H3,(H,17,19)/b8-5+. The van der Waals surface area contributed by atoms with Gasteiger partial charge in [-0.15, -0.1) is 0 Å². The lowest BCUT2D eigenvalue weighted by Gasteiger charge is -2.15. The van der Waals surface area contributed by atoms with Crippen LogP contribution in [0.15, 0.2) is 30.4 Å². The van der Waals surface area contributed by atoms with Crippen LogP contribution in [0.25, 0.3) is 0 Å². The number of amides is 1. The van der Waals surface area contributed by atoms with Crippen LogP contribution >= 0.6 is 0 Å². The maximum Gasteiger partial charge on any atom is 0.330 e. The molecule has 0 bridgehead atoms. The Morgan fingerprint density at radius 2 is 2.19 bits per heavy atom. The van der Waals surface area contributed by atoms with Crippen molar-refractivity contribution in [2.45, 2.75) is 19.3 Å². The van der Waals surface area contributed by atoms with Gasteiger partial charge in [0.2, 0.25) is 0 Å². The van der Waals surface area contributed by atoms with Crippen molar-refractivity contribution in [2.75, 3.05) is 20.3 Å². The first kappa shape index (κ1) is 15.1. The first-order valence-electron chi connectivity index (χ1n) is 6.74. The number of hydrogen-bond acceptors (Lipinski definition) is 4. The average molecular weight is 289 g/mol. The number of carbonyl (C=O) groups is 2. The lowest BCUT2D eigenvalue weighted by molar-refractivity contribution is -0.134. The van der Waals surface area contributed by atoms with Crippen molar-refractivity contribution >= 4 is 11.9 Å². The van der Waals surface area contributed by atoms with E-state index in [0.717, 1.165) is 5.56 Å². The second kappa shape index (κ2) is 5.99. The minimum Gasteiger partial charge on any atom is -0.492 e.